The zero-order valence-electron chi connectivity index (χ0n) is 17.8. The Morgan fingerprint density at radius 1 is 1.21 bits per heavy atom. The highest BCUT2D eigenvalue weighted by atomic mass is 32.1. The lowest BCUT2D eigenvalue weighted by molar-refractivity contribution is -0.121. The molecule has 3 rings (SSSR count). The number of carbonyl (C=O) groups is 2. The number of benzene rings is 1. The minimum Gasteiger partial charge on any atom is -0.349 e. The van der Waals surface area contributed by atoms with E-state index in [-0.39, 0.29) is 30.2 Å². The summed E-state index contributed by atoms with van der Waals surface area (Å²) in [7, 11) is 0. The molecule has 0 saturated carbocycles. The summed E-state index contributed by atoms with van der Waals surface area (Å²) in [5.74, 6) is 0.985. The fourth-order valence-corrected chi connectivity index (χ4v) is 4.58. The highest BCUT2D eigenvalue weighted by Gasteiger charge is 2.25. The number of hydrogen-bond donors (Lipinski definition) is 1. The van der Waals surface area contributed by atoms with E-state index in [1.807, 2.05) is 5.38 Å². The van der Waals surface area contributed by atoms with Crippen LogP contribution in [-0.2, 0) is 22.4 Å². The molecule has 1 aliphatic heterocycles. The van der Waals surface area contributed by atoms with Crippen molar-refractivity contribution < 1.29 is 9.59 Å². The van der Waals surface area contributed by atoms with Gasteiger partial charge in [0.15, 0.2) is 5.13 Å². The molecule has 1 unspecified atom stereocenters. The Labute approximate surface area is 177 Å². The molecule has 0 spiro atoms. The monoisotopic (exact) mass is 413 g/mol. The van der Waals surface area contributed by atoms with Crippen LogP contribution in [0.25, 0.3) is 0 Å². The van der Waals surface area contributed by atoms with Crippen LogP contribution >= 0.6 is 11.3 Å². The van der Waals surface area contributed by atoms with E-state index in [1.165, 1.54) is 16.9 Å². The summed E-state index contributed by atoms with van der Waals surface area (Å²) < 4.78 is 0. The van der Waals surface area contributed by atoms with Crippen LogP contribution < -0.4 is 10.2 Å². The Morgan fingerprint density at radius 2 is 1.93 bits per heavy atom. The maximum Gasteiger partial charge on any atom is 0.228 e. The first kappa shape index (κ1) is 21.5. The third-order valence-corrected chi connectivity index (χ3v) is 6.06. The van der Waals surface area contributed by atoms with Crippen molar-refractivity contribution in [2.75, 3.05) is 11.4 Å². The second-order valence-corrected chi connectivity index (χ2v) is 9.41. The molecule has 2 aromatic rings. The van der Waals surface area contributed by atoms with Gasteiger partial charge in [-0.3, -0.25) is 14.5 Å². The Balaban J connectivity index is 1.62. The van der Waals surface area contributed by atoms with E-state index in [0.29, 0.717) is 17.5 Å². The van der Waals surface area contributed by atoms with Gasteiger partial charge in [-0.2, -0.15) is 0 Å². The van der Waals surface area contributed by atoms with Crippen molar-refractivity contribution in [2.45, 2.75) is 59.4 Å². The van der Waals surface area contributed by atoms with Crippen molar-refractivity contribution >= 4 is 28.3 Å². The van der Waals surface area contributed by atoms with E-state index < -0.39 is 0 Å². The normalized spacial score (nSPS) is 15.4. The maximum atomic E-state index is 12.7. The number of amides is 2. The summed E-state index contributed by atoms with van der Waals surface area (Å²) in [6.45, 7) is 9.39. The highest BCUT2D eigenvalue weighted by Crippen LogP contribution is 2.26. The summed E-state index contributed by atoms with van der Waals surface area (Å²) in [6.07, 6.45) is 2.75. The van der Waals surface area contributed by atoms with Crippen molar-refractivity contribution in [3.05, 3.63) is 46.5 Å². The number of rotatable bonds is 8. The lowest BCUT2D eigenvalue weighted by Gasteiger charge is -2.23. The van der Waals surface area contributed by atoms with Crippen LogP contribution in [0.2, 0.25) is 0 Å². The maximum absolute atomic E-state index is 12.7. The Morgan fingerprint density at radius 3 is 2.52 bits per heavy atom. The Hall–Kier alpha value is -2.21. The summed E-state index contributed by atoms with van der Waals surface area (Å²) >= 11 is 1.43. The van der Waals surface area contributed by atoms with Crippen LogP contribution in [0.1, 0.15) is 63.4 Å². The van der Waals surface area contributed by atoms with Crippen molar-refractivity contribution in [2.24, 2.45) is 11.8 Å². The Bertz CT molecular complexity index is 842. The molecular weight excluding hydrogens is 382 g/mol. The average molecular weight is 414 g/mol. The molecular formula is C23H31N3O2S. The SMILES string of the molecule is CC(C)Cc1ccc(C(NC(=O)Cc2csc(N3CCCC3=O)n2)C(C)C)cc1. The molecule has 0 radical (unpaired) electrons. The summed E-state index contributed by atoms with van der Waals surface area (Å²) in [5.41, 5.74) is 3.17. The number of nitrogens with zero attached hydrogens (tertiary/aromatic N) is 2. The van der Waals surface area contributed by atoms with Gasteiger partial charge in [0.2, 0.25) is 11.8 Å². The average Bonchev–Trinajstić information content (AvgIpc) is 3.28. The van der Waals surface area contributed by atoms with Gasteiger partial charge in [0.1, 0.15) is 0 Å². The van der Waals surface area contributed by atoms with Gasteiger partial charge in [-0.15, -0.1) is 11.3 Å². The van der Waals surface area contributed by atoms with Gasteiger partial charge in [0, 0.05) is 18.3 Å². The van der Waals surface area contributed by atoms with Crippen molar-refractivity contribution in [3.8, 4) is 0 Å². The van der Waals surface area contributed by atoms with Gasteiger partial charge >= 0.3 is 0 Å². The minimum atomic E-state index is -0.0421. The van der Waals surface area contributed by atoms with Gasteiger partial charge in [0.05, 0.1) is 18.2 Å². The van der Waals surface area contributed by atoms with E-state index in [4.69, 9.17) is 0 Å². The first-order valence-electron chi connectivity index (χ1n) is 10.5. The molecule has 1 N–H and O–H groups in total. The van der Waals surface area contributed by atoms with Gasteiger partial charge in [0.25, 0.3) is 0 Å². The minimum absolute atomic E-state index is 0.0335. The summed E-state index contributed by atoms with van der Waals surface area (Å²) in [5, 5.41) is 5.76. The van der Waals surface area contributed by atoms with Crippen molar-refractivity contribution in [1.29, 1.82) is 0 Å². The van der Waals surface area contributed by atoms with Gasteiger partial charge in [-0.1, -0.05) is 52.0 Å². The molecule has 5 nitrogen and oxygen atoms in total. The number of nitrogens with one attached hydrogen (secondary N) is 1. The smallest absolute Gasteiger partial charge is 0.228 e. The predicted molar refractivity (Wildman–Crippen MR) is 118 cm³/mol. The molecule has 2 amide bonds. The summed E-state index contributed by atoms with van der Waals surface area (Å²) in [6, 6.07) is 8.55. The fraction of sp³-hybridized carbons (Fsp3) is 0.522. The molecule has 0 aliphatic carbocycles. The second-order valence-electron chi connectivity index (χ2n) is 8.58. The highest BCUT2D eigenvalue weighted by molar-refractivity contribution is 7.14. The summed E-state index contributed by atoms with van der Waals surface area (Å²) in [4.78, 5) is 30.8. The number of carbonyl (C=O) groups excluding carboxylic acids is 2. The predicted octanol–water partition coefficient (Wildman–Crippen LogP) is 4.52. The van der Waals surface area contributed by atoms with E-state index in [2.05, 4.69) is 62.3 Å². The van der Waals surface area contributed by atoms with E-state index in [9.17, 15) is 9.59 Å². The van der Waals surface area contributed by atoms with Gasteiger partial charge < -0.3 is 5.32 Å². The molecule has 29 heavy (non-hydrogen) atoms. The molecule has 1 aliphatic rings. The number of anilines is 1. The molecule has 1 aromatic heterocycles. The molecule has 6 heteroatoms. The Kier molecular flexibility index (Phi) is 7.06. The molecule has 1 saturated heterocycles. The molecule has 0 bridgehead atoms. The van der Waals surface area contributed by atoms with E-state index in [0.717, 1.165) is 30.6 Å². The van der Waals surface area contributed by atoms with Crippen LogP contribution in [0.5, 0.6) is 0 Å². The molecule has 1 atom stereocenters. The van der Waals surface area contributed by atoms with Crippen molar-refractivity contribution in [1.82, 2.24) is 10.3 Å². The molecule has 2 heterocycles. The van der Waals surface area contributed by atoms with Crippen LogP contribution in [0.3, 0.4) is 0 Å². The standard InChI is InChI=1S/C23H31N3O2S/c1-15(2)12-17-7-9-18(10-8-17)22(16(3)4)25-20(27)13-19-14-29-23(24-19)26-11-5-6-21(26)28/h7-10,14-16,22H,5-6,11-13H2,1-4H3,(H,25,27). The number of hydrogen-bond acceptors (Lipinski definition) is 4. The third-order valence-electron chi connectivity index (χ3n) is 5.15. The van der Waals surface area contributed by atoms with E-state index >= 15 is 0 Å². The first-order chi connectivity index (χ1) is 13.8. The van der Waals surface area contributed by atoms with Gasteiger partial charge in [-0.25, -0.2) is 4.98 Å². The van der Waals surface area contributed by atoms with Crippen LogP contribution in [0.15, 0.2) is 29.6 Å². The number of aromatic nitrogens is 1. The molecule has 156 valence electrons. The topological polar surface area (TPSA) is 62.3 Å². The van der Waals surface area contributed by atoms with Gasteiger partial charge in [-0.05, 0) is 35.8 Å². The lowest BCUT2D eigenvalue weighted by Crippen LogP contribution is -2.33. The van der Waals surface area contributed by atoms with Crippen LogP contribution in [-0.4, -0.2) is 23.3 Å². The zero-order chi connectivity index (χ0) is 21.0. The number of thiazole rings is 1. The second kappa shape index (κ2) is 9.53. The van der Waals surface area contributed by atoms with Crippen LogP contribution in [0.4, 0.5) is 5.13 Å². The molecule has 1 fully saturated rings. The largest absolute Gasteiger partial charge is 0.349 e. The quantitative estimate of drug-likeness (QED) is 0.692. The zero-order valence-corrected chi connectivity index (χ0v) is 18.6. The molecule has 1 aromatic carbocycles. The van der Waals surface area contributed by atoms with E-state index in [1.54, 1.807) is 4.90 Å². The van der Waals surface area contributed by atoms with Crippen molar-refractivity contribution in [3.63, 3.8) is 0 Å². The van der Waals surface area contributed by atoms with Crippen LogP contribution in [0, 0.1) is 11.8 Å². The third kappa shape index (κ3) is 5.66. The fourth-order valence-electron chi connectivity index (χ4n) is 3.71. The first-order valence-corrected chi connectivity index (χ1v) is 11.3. The lowest BCUT2D eigenvalue weighted by atomic mass is 9.93.